The Morgan fingerprint density at radius 3 is 2.56 bits per heavy atom. The van der Waals surface area contributed by atoms with E-state index in [4.69, 9.17) is 10.5 Å². The van der Waals surface area contributed by atoms with Crippen LogP contribution in [0.15, 0.2) is 0 Å². The molecule has 4 nitrogen and oxygen atoms in total. The van der Waals surface area contributed by atoms with E-state index in [1.807, 2.05) is 0 Å². The summed E-state index contributed by atoms with van der Waals surface area (Å²) in [4.78, 5) is 12.7. The minimum atomic E-state index is -4.25. The van der Waals surface area contributed by atoms with E-state index in [0.29, 0.717) is 0 Å². The van der Waals surface area contributed by atoms with Gasteiger partial charge in [0, 0.05) is 19.6 Å². The molecule has 0 aromatic carbocycles. The quantitative estimate of drug-likeness (QED) is 0.775. The van der Waals surface area contributed by atoms with Crippen molar-refractivity contribution in [2.75, 3.05) is 26.8 Å². The fraction of sp³-hybridized carbons (Fsp3) is 0.889. The van der Waals surface area contributed by atoms with Gasteiger partial charge in [-0.1, -0.05) is 0 Å². The topological polar surface area (TPSA) is 55.6 Å². The third-order valence-corrected chi connectivity index (χ3v) is 2.55. The first kappa shape index (κ1) is 13.2. The summed E-state index contributed by atoms with van der Waals surface area (Å²) in [6.07, 6.45) is -5.25. The minimum absolute atomic E-state index is 0.191. The van der Waals surface area contributed by atoms with Gasteiger partial charge in [-0.25, -0.2) is 0 Å². The van der Waals surface area contributed by atoms with E-state index in [1.165, 1.54) is 7.05 Å². The van der Waals surface area contributed by atoms with Gasteiger partial charge in [0.1, 0.15) is 0 Å². The van der Waals surface area contributed by atoms with Crippen molar-refractivity contribution >= 4 is 5.91 Å². The van der Waals surface area contributed by atoms with Crippen molar-refractivity contribution in [3.8, 4) is 0 Å². The Labute approximate surface area is 91.5 Å². The van der Waals surface area contributed by atoms with Crippen molar-refractivity contribution in [2.24, 2.45) is 11.7 Å². The Kier molecular flexibility index (Phi) is 4.15. The van der Waals surface area contributed by atoms with Crippen LogP contribution in [0.5, 0.6) is 0 Å². The largest absolute Gasteiger partial charge is 0.390 e. The van der Waals surface area contributed by atoms with Crippen molar-refractivity contribution in [1.82, 2.24) is 4.90 Å². The molecule has 7 heteroatoms. The average molecular weight is 240 g/mol. The van der Waals surface area contributed by atoms with Crippen molar-refractivity contribution in [3.05, 3.63) is 0 Å². The normalized spacial score (nSPS) is 25.8. The Hall–Kier alpha value is -0.820. The first-order valence-electron chi connectivity index (χ1n) is 4.96. The lowest BCUT2D eigenvalue weighted by Crippen LogP contribution is -2.42. The molecular formula is C9H15F3N2O2. The first-order valence-corrected chi connectivity index (χ1v) is 4.96. The second-order valence-corrected chi connectivity index (χ2v) is 3.93. The highest BCUT2D eigenvalue weighted by Gasteiger charge is 2.34. The lowest BCUT2D eigenvalue weighted by atomic mass is 10.0. The van der Waals surface area contributed by atoms with Crippen molar-refractivity contribution in [1.29, 1.82) is 0 Å². The number of hydrogen-bond acceptors (Lipinski definition) is 3. The summed E-state index contributed by atoms with van der Waals surface area (Å²) in [5, 5.41) is 0. The van der Waals surface area contributed by atoms with Crippen LogP contribution in [-0.2, 0) is 9.53 Å². The number of nitrogens with zero attached hydrogens (tertiary/aromatic N) is 1. The molecule has 1 aliphatic heterocycles. The third kappa shape index (κ3) is 3.64. The first-order chi connectivity index (χ1) is 7.31. The summed E-state index contributed by atoms with van der Waals surface area (Å²) in [5.74, 6) is -0.896. The van der Waals surface area contributed by atoms with Gasteiger partial charge in [0.05, 0.1) is 25.6 Å². The van der Waals surface area contributed by atoms with Crippen molar-refractivity contribution in [3.63, 3.8) is 0 Å². The molecule has 0 aromatic rings. The summed E-state index contributed by atoms with van der Waals surface area (Å²) in [7, 11) is 1.35. The van der Waals surface area contributed by atoms with Crippen LogP contribution in [0.4, 0.5) is 13.2 Å². The van der Waals surface area contributed by atoms with E-state index >= 15 is 0 Å². The molecule has 1 saturated heterocycles. The van der Waals surface area contributed by atoms with Gasteiger partial charge in [-0.05, 0) is 0 Å². The molecule has 1 fully saturated rings. The number of ether oxygens (including phenoxy) is 1. The van der Waals surface area contributed by atoms with Crippen molar-refractivity contribution in [2.45, 2.75) is 18.6 Å². The van der Waals surface area contributed by atoms with Crippen LogP contribution in [0, 0.1) is 5.92 Å². The van der Waals surface area contributed by atoms with Crippen molar-refractivity contribution < 1.29 is 22.7 Å². The van der Waals surface area contributed by atoms with Crippen LogP contribution in [0.3, 0.4) is 0 Å². The van der Waals surface area contributed by atoms with E-state index in [-0.39, 0.29) is 25.7 Å². The molecule has 2 atom stereocenters. The lowest BCUT2D eigenvalue weighted by molar-refractivity contribution is -0.146. The van der Waals surface area contributed by atoms with Crippen LogP contribution >= 0.6 is 0 Å². The van der Waals surface area contributed by atoms with Gasteiger partial charge in [0.25, 0.3) is 0 Å². The molecule has 94 valence electrons. The van der Waals surface area contributed by atoms with Gasteiger partial charge < -0.3 is 15.4 Å². The van der Waals surface area contributed by atoms with Gasteiger partial charge in [-0.15, -0.1) is 0 Å². The molecule has 1 amide bonds. The van der Waals surface area contributed by atoms with Crippen LogP contribution in [0.1, 0.15) is 6.42 Å². The Morgan fingerprint density at radius 1 is 1.50 bits per heavy atom. The molecule has 0 bridgehead atoms. The van der Waals surface area contributed by atoms with Gasteiger partial charge in [-0.2, -0.15) is 13.2 Å². The molecule has 0 aliphatic carbocycles. The molecule has 0 spiro atoms. The molecule has 0 aromatic heterocycles. The molecule has 2 unspecified atom stereocenters. The number of hydrogen-bond donors (Lipinski definition) is 1. The SMILES string of the molecule is CN(CCC(F)(F)F)C(=O)C1COCC1N. The van der Waals surface area contributed by atoms with Crippen LogP contribution in [-0.4, -0.2) is 49.8 Å². The highest BCUT2D eigenvalue weighted by atomic mass is 19.4. The number of carbonyl (C=O) groups excluding carboxylic acids is 1. The standard InChI is InChI=1S/C9H15F3N2O2/c1-14(3-2-9(10,11)12)8(15)6-4-16-5-7(6)13/h6-7H,2-5,13H2,1H3. The maximum absolute atomic E-state index is 11.9. The van der Waals surface area contributed by atoms with E-state index in [0.717, 1.165) is 4.90 Å². The zero-order valence-corrected chi connectivity index (χ0v) is 8.96. The van der Waals surface area contributed by atoms with E-state index in [2.05, 4.69) is 0 Å². The molecule has 1 rings (SSSR count). The van der Waals surface area contributed by atoms with Gasteiger partial charge in [0.2, 0.25) is 5.91 Å². The second kappa shape index (κ2) is 5.01. The highest BCUT2D eigenvalue weighted by Crippen LogP contribution is 2.20. The van der Waals surface area contributed by atoms with Gasteiger partial charge in [-0.3, -0.25) is 4.79 Å². The predicted molar refractivity (Wildman–Crippen MR) is 50.6 cm³/mol. The summed E-state index contributed by atoms with van der Waals surface area (Å²) < 4.78 is 40.8. The summed E-state index contributed by atoms with van der Waals surface area (Å²) in [6, 6.07) is -0.416. The maximum atomic E-state index is 11.9. The van der Waals surface area contributed by atoms with Crippen LogP contribution < -0.4 is 5.73 Å². The number of nitrogens with two attached hydrogens (primary N) is 1. The summed E-state index contributed by atoms with van der Waals surface area (Å²) >= 11 is 0. The monoisotopic (exact) mass is 240 g/mol. The Morgan fingerprint density at radius 2 is 2.12 bits per heavy atom. The number of carbonyl (C=O) groups is 1. The zero-order chi connectivity index (χ0) is 12.3. The fourth-order valence-electron chi connectivity index (χ4n) is 1.51. The lowest BCUT2D eigenvalue weighted by Gasteiger charge is -2.22. The number of alkyl halides is 3. The second-order valence-electron chi connectivity index (χ2n) is 3.93. The molecule has 16 heavy (non-hydrogen) atoms. The van der Waals surface area contributed by atoms with E-state index in [1.54, 1.807) is 0 Å². The summed E-state index contributed by atoms with van der Waals surface area (Å²) in [5.41, 5.74) is 5.60. The molecule has 1 aliphatic rings. The summed E-state index contributed by atoms with van der Waals surface area (Å²) in [6.45, 7) is 0.130. The minimum Gasteiger partial charge on any atom is -0.379 e. The predicted octanol–water partition coefficient (Wildman–Crippen LogP) is 0.371. The maximum Gasteiger partial charge on any atom is 0.390 e. The molecule has 0 saturated carbocycles. The van der Waals surface area contributed by atoms with Crippen LogP contribution in [0.25, 0.3) is 0 Å². The highest BCUT2D eigenvalue weighted by molar-refractivity contribution is 5.79. The molecule has 2 N–H and O–H groups in total. The third-order valence-electron chi connectivity index (χ3n) is 2.55. The van der Waals surface area contributed by atoms with Crippen LogP contribution in [0.2, 0.25) is 0 Å². The fourth-order valence-corrected chi connectivity index (χ4v) is 1.51. The smallest absolute Gasteiger partial charge is 0.379 e. The Balaban J connectivity index is 2.41. The molecule has 1 heterocycles. The van der Waals surface area contributed by atoms with E-state index in [9.17, 15) is 18.0 Å². The molecular weight excluding hydrogens is 225 g/mol. The average Bonchev–Trinajstić information content (AvgIpc) is 2.58. The number of amides is 1. The Bertz CT molecular complexity index is 258. The van der Waals surface area contributed by atoms with E-state index < -0.39 is 24.6 Å². The van der Waals surface area contributed by atoms with Gasteiger partial charge >= 0.3 is 6.18 Å². The number of halogens is 3. The zero-order valence-electron chi connectivity index (χ0n) is 8.96. The van der Waals surface area contributed by atoms with Gasteiger partial charge in [0.15, 0.2) is 0 Å². The number of rotatable bonds is 3. The molecule has 0 radical (unpaired) electrons.